The average molecular weight is 517 g/mol. The predicted octanol–water partition coefficient (Wildman–Crippen LogP) is 7.67. The summed E-state index contributed by atoms with van der Waals surface area (Å²) in [7, 11) is 0. The number of hydrogen-bond acceptors (Lipinski definition) is 2. The first-order valence-electron chi connectivity index (χ1n) is 14.5. The minimum atomic E-state index is -2.52. The first-order chi connectivity index (χ1) is 18.4. The standard InChI is InChI=1S/C33H38F2N2O/c1-3-5-6-28-17-26-16-25(32(34)35)9-12-29(26)31(37(28)30(38)4-2)24-7-10-27(11-8-24)36-33-18-21-13-22(19-33)15-23(14-21)20-33/h2,7-12,16,21-23,28,31-32,36H,3,5-6,13-15,17-20H2,1H3/t21?,22?,23?,28-,31?,33?/m0/s1. The molecule has 0 spiro atoms. The molecular formula is C33H38F2N2O. The van der Waals surface area contributed by atoms with Crippen molar-refractivity contribution in [2.24, 2.45) is 17.8 Å². The van der Waals surface area contributed by atoms with Crippen LogP contribution in [0.4, 0.5) is 14.5 Å². The number of nitrogens with zero attached hydrogens (tertiary/aromatic N) is 1. The minimum Gasteiger partial charge on any atom is -0.380 e. The van der Waals surface area contributed by atoms with Crippen LogP contribution in [0.25, 0.3) is 0 Å². The Morgan fingerprint density at radius 3 is 2.32 bits per heavy atom. The van der Waals surface area contributed by atoms with Gasteiger partial charge in [-0.25, -0.2) is 8.78 Å². The lowest BCUT2D eigenvalue weighted by atomic mass is 9.53. The topological polar surface area (TPSA) is 32.3 Å². The van der Waals surface area contributed by atoms with Gasteiger partial charge in [-0.3, -0.25) is 4.79 Å². The predicted molar refractivity (Wildman–Crippen MR) is 147 cm³/mol. The molecule has 4 fully saturated rings. The third-order valence-corrected chi connectivity index (χ3v) is 9.76. The number of nitrogens with one attached hydrogen (secondary N) is 1. The molecule has 2 aromatic rings. The monoisotopic (exact) mass is 516 g/mol. The van der Waals surface area contributed by atoms with Gasteiger partial charge in [-0.15, -0.1) is 6.42 Å². The van der Waals surface area contributed by atoms with Crippen molar-refractivity contribution in [3.8, 4) is 12.3 Å². The summed E-state index contributed by atoms with van der Waals surface area (Å²) >= 11 is 0. The third kappa shape index (κ3) is 4.61. The van der Waals surface area contributed by atoms with Gasteiger partial charge in [0, 0.05) is 22.8 Å². The second-order valence-corrected chi connectivity index (χ2v) is 12.5. The Labute approximate surface area is 225 Å². The zero-order valence-electron chi connectivity index (χ0n) is 22.3. The van der Waals surface area contributed by atoms with Crippen LogP contribution < -0.4 is 5.32 Å². The molecule has 4 aliphatic carbocycles. The van der Waals surface area contributed by atoms with E-state index in [0.29, 0.717) is 6.42 Å². The number of fused-ring (bicyclic) bond motifs is 1. The lowest BCUT2D eigenvalue weighted by molar-refractivity contribution is -0.130. The quantitative estimate of drug-likeness (QED) is 0.383. The number of rotatable bonds is 7. The molecular weight excluding hydrogens is 478 g/mol. The van der Waals surface area contributed by atoms with Crippen molar-refractivity contribution in [3.05, 3.63) is 64.7 Å². The van der Waals surface area contributed by atoms with Crippen LogP contribution >= 0.6 is 0 Å². The summed E-state index contributed by atoms with van der Waals surface area (Å²) in [6.07, 6.45) is 14.5. The number of benzene rings is 2. The molecule has 4 bridgehead atoms. The molecule has 2 aromatic carbocycles. The van der Waals surface area contributed by atoms with E-state index in [-0.39, 0.29) is 29.1 Å². The largest absolute Gasteiger partial charge is 0.380 e. The molecule has 0 saturated heterocycles. The summed E-state index contributed by atoms with van der Waals surface area (Å²) in [6.45, 7) is 2.12. The molecule has 7 rings (SSSR count). The van der Waals surface area contributed by atoms with Crippen LogP contribution in [0.3, 0.4) is 0 Å². The summed E-state index contributed by atoms with van der Waals surface area (Å²) in [4.78, 5) is 15.0. The summed E-state index contributed by atoms with van der Waals surface area (Å²) < 4.78 is 27.1. The Kier molecular flexibility index (Phi) is 6.70. The van der Waals surface area contributed by atoms with Gasteiger partial charge in [0.15, 0.2) is 0 Å². The second-order valence-electron chi connectivity index (χ2n) is 12.5. The van der Waals surface area contributed by atoms with Crippen LogP contribution in [-0.2, 0) is 11.2 Å². The lowest BCUT2D eigenvalue weighted by Gasteiger charge is -2.57. The van der Waals surface area contributed by atoms with Gasteiger partial charge in [-0.1, -0.05) is 44.0 Å². The van der Waals surface area contributed by atoms with Gasteiger partial charge in [0.2, 0.25) is 0 Å². The Balaban J connectivity index is 1.33. The highest BCUT2D eigenvalue weighted by atomic mass is 19.3. The first kappa shape index (κ1) is 25.4. The molecule has 4 saturated carbocycles. The van der Waals surface area contributed by atoms with Crippen LogP contribution in [0.1, 0.15) is 99.4 Å². The third-order valence-electron chi connectivity index (χ3n) is 9.76. The molecule has 38 heavy (non-hydrogen) atoms. The zero-order chi connectivity index (χ0) is 26.4. The maximum Gasteiger partial charge on any atom is 0.299 e. The normalized spacial score (nSPS) is 31.2. The number of carbonyl (C=O) groups is 1. The van der Waals surface area contributed by atoms with E-state index >= 15 is 0 Å². The summed E-state index contributed by atoms with van der Waals surface area (Å²) in [6, 6.07) is 12.9. The second kappa shape index (κ2) is 10.0. The van der Waals surface area contributed by atoms with E-state index < -0.39 is 6.43 Å². The maximum absolute atomic E-state index is 13.6. The molecule has 5 heteroatoms. The number of carbonyl (C=O) groups excluding carboxylic acids is 1. The van der Waals surface area contributed by atoms with Crippen molar-refractivity contribution in [1.82, 2.24) is 4.90 Å². The molecule has 1 unspecified atom stereocenters. The number of amides is 1. The van der Waals surface area contributed by atoms with Gasteiger partial charge >= 0.3 is 0 Å². The highest BCUT2D eigenvalue weighted by molar-refractivity contribution is 5.94. The molecule has 0 aromatic heterocycles. The maximum atomic E-state index is 13.6. The van der Waals surface area contributed by atoms with Crippen LogP contribution in [-0.4, -0.2) is 22.4 Å². The lowest BCUT2D eigenvalue weighted by Crippen LogP contribution is -2.54. The molecule has 1 amide bonds. The Morgan fingerprint density at radius 1 is 1.08 bits per heavy atom. The minimum absolute atomic E-state index is 0.0311. The van der Waals surface area contributed by atoms with E-state index in [1.807, 2.05) is 4.90 Å². The molecule has 3 nitrogen and oxygen atoms in total. The molecule has 200 valence electrons. The zero-order valence-corrected chi connectivity index (χ0v) is 22.3. The van der Waals surface area contributed by atoms with Crippen molar-refractivity contribution >= 4 is 11.6 Å². The molecule has 1 aliphatic heterocycles. The summed E-state index contributed by atoms with van der Waals surface area (Å²) in [5, 5.41) is 3.94. The number of halogens is 2. The first-order valence-corrected chi connectivity index (χ1v) is 14.5. The van der Waals surface area contributed by atoms with E-state index in [1.54, 1.807) is 12.1 Å². The van der Waals surface area contributed by atoms with Crippen molar-refractivity contribution in [2.75, 3.05) is 5.32 Å². The van der Waals surface area contributed by atoms with Crippen molar-refractivity contribution < 1.29 is 13.6 Å². The Hall–Kier alpha value is -2.87. The van der Waals surface area contributed by atoms with Gasteiger partial charge in [0.05, 0.1) is 6.04 Å². The van der Waals surface area contributed by atoms with E-state index in [2.05, 4.69) is 42.4 Å². The summed E-state index contributed by atoms with van der Waals surface area (Å²) in [5.74, 6) is 4.62. The highest BCUT2D eigenvalue weighted by Gasteiger charge is 2.51. The van der Waals surface area contributed by atoms with E-state index in [4.69, 9.17) is 6.42 Å². The number of unbranched alkanes of at least 4 members (excludes halogenated alkanes) is 1. The average Bonchev–Trinajstić information content (AvgIpc) is 2.89. The van der Waals surface area contributed by atoms with Gasteiger partial charge in [0.25, 0.3) is 12.3 Å². The summed E-state index contributed by atoms with van der Waals surface area (Å²) in [5.41, 5.74) is 4.13. The molecule has 0 radical (unpaired) electrons. The Bertz CT molecular complexity index is 1200. The fraction of sp³-hybridized carbons (Fsp3) is 0.545. The van der Waals surface area contributed by atoms with Gasteiger partial charge in [-0.2, -0.15) is 0 Å². The van der Waals surface area contributed by atoms with Crippen LogP contribution in [0.2, 0.25) is 0 Å². The molecule has 5 aliphatic rings. The van der Waals surface area contributed by atoms with E-state index in [0.717, 1.165) is 59.4 Å². The SMILES string of the molecule is C#CC(=O)N1C(c2ccc(NC34CC5CC(CC(C5)C3)C4)cc2)c2ccc(C(F)F)cc2C[C@@H]1CCCC. The molecule has 2 atom stereocenters. The molecule has 1 N–H and O–H groups in total. The van der Waals surface area contributed by atoms with Crippen LogP contribution in [0.15, 0.2) is 42.5 Å². The smallest absolute Gasteiger partial charge is 0.299 e. The van der Waals surface area contributed by atoms with E-state index in [9.17, 15) is 13.6 Å². The fourth-order valence-corrected chi connectivity index (χ4v) is 8.62. The van der Waals surface area contributed by atoms with Crippen LogP contribution in [0.5, 0.6) is 0 Å². The number of anilines is 1. The fourth-order valence-electron chi connectivity index (χ4n) is 8.62. The Morgan fingerprint density at radius 2 is 1.74 bits per heavy atom. The van der Waals surface area contributed by atoms with Crippen molar-refractivity contribution in [2.45, 2.75) is 95.2 Å². The van der Waals surface area contributed by atoms with Gasteiger partial charge in [0.1, 0.15) is 0 Å². The number of terminal acetylenes is 1. The number of alkyl halides is 2. The van der Waals surface area contributed by atoms with Gasteiger partial charge in [-0.05, 0) is 110 Å². The van der Waals surface area contributed by atoms with Crippen LogP contribution in [0, 0.1) is 30.1 Å². The van der Waals surface area contributed by atoms with Crippen molar-refractivity contribution in [3.63, 3.8) is 0 Å². The number of hydrogen-bond donors (Lipinski definition) is 1. The molecule has 1 heterocycles. The van der Waals surface area contributed by atoms with Gasteiger partial charge < -0.3 is 10.2 Å². The highest BCUT2D eigenvalue weighted by Crippen LogP contribution is 2.56. The van der Waals surface area contributed by atoms with Crippen molar-refractivity contribution in [1.29, 1.82) is 0 Å². The van der Waals surface area contributed by atoms with E-state index in [1.165, 1.54) is 44.6 Å².